The van der Waals surface area contributed by atoms with E-state index in [0.29, 0.717) is 16.5 Å². The Labute approximate surface area is 134 Å². The number of fused-ring (bicyclic) bond motifs is 1. The molecule has 0 aliphatic carbocycles. The lowest BCUT2D eigenvalue weighted by Crippen LogP contribution is -2.23. The van der Waals surface area contributed by atoms with Crippen molar-refractivity contribution in [3.63, 3.8) is 0 Å². The summed E-state index contributed by atoms with van der Waals surface area (Å²) in [5.74, 6) is -1.52. The molecule has 2 N–H and O–H groups in total. The van der Waals surface area contributed by atoms with Crippen LogP contribution in [0.4, 0.5) is 4.39 Å². The zero-order chi connectivity index (χ0) is 16.6. The van der Waals surface area contributed by atoms with E-state index in [1.807, 2.05) is 0 Å². The first-order valence-electron chi connectivity index (χ1n) is 6.71. The third-order valence-electron chi connectivity index (χ3n) is 3.52. The van der Waals surface area contributed by atoms with Gasteiger partial charge in [-0.3, -0.25) is 9.36 Å². The first-order valence-corrected chi connectivity index (χ1v) is 7.12. The van der Waals surface area contributed by atoms with Crippen LogP contribution >= 0.6 is 12.2 Å². The largest absolute Gasteiger partial charge is 0.478 e. The van der Waals surface area contributed by atoms with Gasteiger partial charge in [0.25, 0.3) is 5.56 Å². The van der Waals surface area contributed by atoms with Crippen molar-refractivity contribution in [3.8, 4) is 0 Å². The van der Waals surface area contributed by atoms with Crippen LogP contribution < -0.4 is 5.56 Å². The van der Waals surface area contributed by atoms with E-state index in [4.69, 9.17) is 17.3 Å². The van der Waals surface area contributed by atoms with Gasteiger partial charge in [0.2, 0.25) is 0 Å². The fraction of sp³-hybridized carbons (Fsp3) is 0.0625. The third-order valence-corrected chi connectivity index (χ3v) is 3.84. The molecule has 3 aromatic rings. The Bertz CT molecular complexity index is 1040. The minimum atomic E-state index is -1.10. The number of benzene rings is 2. The summed E-state index contributed by atoms with van der Waals surface area (Å²) >= 11 is 5.16. The van der Waals surface area contributed by atoms with Crippen molar-refractivity contribution in [2.24, 2.45) is 0 Å². The molecule has 1 heterocycles. The maximum atomic E-state index is 13.8. The van der Waals surface area contributed by atoms with Crippen LogP contribution in [0, 0.1) is 10.6 Å². The topological polar surface area (TPSA) is 75.1 Å². The number of aromatic carboxylic acids is 1. The second-order valence-corrected chi connectivity index (χ2v) is 5.37. The van der Waals surface area contributed by atoms with E-state index in [-0.39, 0.29) is 16.9 Å². The molecule has 0 saturated heterocycles. The molecule has 0 unspecified atom stereocenters. The molecule has 0 spiro atoms. The molecule has 0 saturated carbocycles. The maximum absolute atomic E-state index is 13.8. The third kappa shape index (κ3) is 2.78. The van der Waals surface area contributed by atoms with Gasteiger partial charge in [0.15, 0.2) is 4.77 Å². The average molecular weight is 330 g/mol. The molecule has 5 nitrogen and oxygen atoms in total. The van der Waals surface area contributed by atoms with E-state index in [0.717, 1.165) is 0 Å². The molecule has 1 aromatic heterocycles. The molecule has 23 heavy (non-hydrogen) atoms. The number of aromatic amines is 1. The highest BCUT2D eigenvalue weighted by atomic mass is 32.1. The predicted octanol–water partition coefficient (Wildman–Crippen LogP) is 2.94. The lowest BCUT2D eigenvalue weighted by molar-refractivity contribution is 0.0697. The van der Waals surface area contributed by atoms with E-state index in [1.165, 1.54) is 28.8 Å². The molecule has 0 radical (unpaired) electrons. The van der Waals surface area contributed by atoms with E-state index in [1.54, 1.807) is 18.2 Å². The molecule has 2 aromatic carbocycles. The minimum absolute atomic E-state index is 0.00252. The van der Waals surface area contributed by atoms with Gasteiger partial charge in [-0.25, -0.2) is 9.18 Å². The molecule has 3 rings (SSSR count). The van der Waals surface area contributed by atoms with Crippen LogP contribution in [-0.4, -0.2) is 20.6 Å². The number of nitrogens with one attached hydrogen (secondary N) is 1. The van der Waals surface area contributed by atoms with Crippen molar-refractivity contribution in [2.75, 3.05) is 0 Å². The Balaban J connectivity index is 2.18. The van der Waals surface area contributed by atoms with Gasteiger partial charge in [-0.1, -0.05) is 18.2 Å². The Morgan fingerprint density at radius 1 is 1.26 bits per heavy atom. The Morgan fingerprint density at radius 2 is 2.00 bits per heavy atom. The summed E-state index contributed by atoms with van der Waals surface area (Å²) in [5, 5.41) is 9.29. The summed E-state index contributed by atoms with van der Waals surface area (Å²) in [4.78, 5) is 26.4. The summed E-state index contributed by atoms with van der Waals surface area (Å²) in [6.45, 7) is -0.00252. The molecule has 7 heteroatoms. The molecule has 0 aliphatic heterocycles. The van der Waals surface area contributed by atoms with Crippen LogP contribution in [0.15, 0.2) is 47.3 Å². The number of hydrogen-bond donors (Lipinski definition) is 2. The Hall–Kier alpha value is -2.80. The number of aromatic nitrogens is 2. The lowest BCUT2D eigenvalue weighted by Gasteiger charge is -2.09. The second kappa shape index (κ2) is 5.77. The Kier molecular flexibility index (Phi) is 3.79. The minimum Gasteiger partial charge on any atom is -0.478 e. The molecular weight excluding hydrogens is 319 g/mol. The van der Waals surface area contributed by atoms with Gasteiger partial charge in [-0.05, 0) is 36.5 Å². The Morgan fingerprint density at radius 3 is 2.70 bits per heavy atom. The summed E-state index contributed by atoms with van der Waals surface area (Å²) in [5.41, 5.74) is 0.332. The lowest BCUT2D eigenvalue weighted by atomic mass is 10.1. The fourth-order valence-electron chi connectivity index (χ4n) is 2.33. The normalized spacial score (nSPS) is 10.8. The number of rotatable bonds is 3. The van der Waals surface area contributed by atoms with Crippen molar-refractivity contribution in [1.82, 2.24) is 9.55 Å². The van der Waals surface area contributed by atoms with Crippen molar-refractivity contribution >= 4 is 29.1 Å². The van der Waals surface area contributed by atoms with Crippen LogP contribution in [0.2, 0.25) is 0 Å². The van der Waals surface area contributed by atoms with Gasteiger partial charge in [0.1, 0.15) is 5.82 Å². The highest BCUT2D eigenvalue weighted by Gasteiger charge is 2.11. The van der Waals surface area contributed by atoms with E-state index in [2.05, 4.69) is 4.98 Å². The quantitative estimate of drug-likeness (QED) is 0.724. The number of H-pyrrole nitrogens is 1. The monoisotopic (exact) mass is 330 g/mol. The van der Waals surface area contributed by atoms with E-state index < -0.39 is 17.3 Å². The number of halogens is 1. The first-order chi connectivity index (χ1) is 11.0. The summed E-state index contributed by atoms with van der Waals surface area (Å²) in [6.07, 6.45) is 0. The molecule has 0 atom stereocenters. The number of hydrogen-bond acceptors (Lipinski definition) is 3. The van der Waals surface area contributed by atoms with Gasteiger partial charge >= 0.3 is 5.97 Å². The van der Waals surface area contributed by atoms with Crippen LogP contribution in [0.3, 0.4) is 0 Å². The second-order valence-electron chi connectivity index (χ2n) is 4.98. The smallest absolute Gasteiger partial charge is 0.335 e. The van der Waals surface area contributed by atoms with Gasteiger partial charge in [0.05, 0.1) is 23.0 Å². The van der Waals surface area contributed by atoms with Crippen LogP contribution in [0.5, 0.6) is 0 Å². The highest BCUT2D eigenvalue weighted by molar-refractivity contribution is 7.71. The molecule has 0 bridgehead atoms. The number of carboxylic acid groups (broad SMARTS) is 1. The summed E-state index contributed by atoms with van der Waals surface area (Å²) in [6, 6.07) is 10.2. The molecule has 0 amide bonds. The van der Waals surface area contributed by atoms with Gasteiger partial charge in [-0.15, -0.1) is 0 Å². The van der Waals surface area contributed by atoms with Gasteiger partial charge in [0, 0.05) is 5.56 Å². The highest BCUT2D eigenvalue weighted by Crippen LogP contribution is 2.13. The maximum Gasteiger partial charge on any atom is 0.335 e. The molecule has 0 fully saturated rings. The van der Waals surface area contributed by atoms with Crippen LogP contribution in [0.25, 0.3) is 10.9 Å². The molecule has 0 aliphatic rings. The molecule has 116 valence electrons. The first kappa shape index (κ1) is 15.1. The molecular formula is C16H11FN2O3S. The van der Waals surface area contributed by atoms with Crippen molar-refractivity contribution in [2.45, 2.75) is 6.54 Å². The zero-order valence-corrected chi connectivity index (χ0v) is 12.6. The van der Waals surface area contributed by atoms with Gasteiger partial charge < -0.3 is 10.1 Å². The van der Waals surface area contributed by atoms with Gasteiger partial charge in [-0.2, -0.15) is 0 Å². The van der Waals surface area contributed by atoms with Crippen molar-refractivity contribution in [3.05, 3.63) is 74.5 Å². The summed E-state index contributed by atoms with van der Waals surface area (Å²) < 4.78 is 15.1. The summed E-state index contributed by atoms with van der Waals surface area (Å²) in [7, 11) is 0. The van der Waals surface area contributed by atoms with Crippen molar-refractivity contribution in [1.29, 1.82) is 0 Å². The number of carbonyl (C=O) groups is 1. The average Bonchev–Trinajstić information content (AvgIpc) is 2.52. The zero-order valence-electron chi connectivity index (χ0n) is 11.7. The number of carboxylic acids is 1. The number of nitrogens with zero attached hydrogens (tertiary/aromatic N) is 1. The predicted molar refractivity (Wildman–Crippen MR) is 85.9 cm³/mol. The fourth-order valence-corrected chi connectivity index (χ4v) is 2.59. The van der Waals surface area contributed by atoms with Crippen LogP contribution in [0.1, 0.15) is 15.9 Å². The van der Waals surface area contributed by atoms with Crippen LogP contribution in [-0.2, 0) is 6.54 Å². The van der Waals surface area contributed by atoms with E-state index >= 15 is 0 Å². The SMILES string of the molecule is O=C(O)c1ccc2c(=O)n(Cc3ccccc3F)c(=S)[nH]c2c1. The van der Waals surface area contributed by atoms with Crippen molar-refractivity contribution < 1.29 is 14.3 Å². The standard InChI is InChI=1S/C16H11FN2O3S/c17-12-4-2-1-3-10(12)8-19-14(20)11-6-5-9(15(21)22)7-13(11)18-16(19)23/h1-7H,8H2,(H,18,23)(H,21,22). The van der Waals surface area contributed by atoms with E-state index in [9.17, 15) is 14.0 Å².